The van der Waals surface area contributed by atoms with Crippen LogP contribution in [0.2, 0.25) is 0 Å². The van der Waals surface area contributed by atoms with Crippen molar-refractivity contribution in [2.45, 2.75) is 38.5 Å². The van der Waals surface area contributed by atoms with Crippen molar-refractivity contribution >= 4 is 23.5 Å². The highest BCUT2D eigenvalue weighted by Gasteiger charge is 2.38. The molecule has 1 atom stereocenters. The zero-order chi connectivity index (χ0) is 30.2. The Kier molecular flexibility index (Phi) is 9.55. The van der Waals surface area contributed by atoms with Crippen LogP contribution in [0.1, 0.15) is 42.9 Å². The van der Waals surface area contributed by atoms with Crippen LogP contribution < -0.4 is 10.2 Å². The van der Waals surface area contributed by atoms with Crippen molar-refractivity contribution in [3.05, 3.63) is 97.2 Å². The van der Waals surface area contributed by atoms with Crippen LogP contribution in [0.3, 0.4) is 0 Å². The number of hydrogen-bond donors (Lipinski definition) is 2. The van der Waals surface area contributed by atoms with Gasteiger partial charge >= 0.3 is 12.1 Å². The molecular weight excluding hydrogens is 543 g/mol. The first kappa shape index (κ1) is 30.5. The van der Waals surface area contributed by atoms with Gasteiger partial charge in [-0.15, -0.1) is 0 Å². The lowest BCUT2D eigenvalue weighted by Crippen LogP contribution is -2.49. The fourth-order valence-electron chi connectivity index (χ4n) is 3.56. The van der Waals surface area contributed by atoms with Crippen molar-refractivity contribution in [2.24, 2.45) is 0 Å². The van der Waals surface area contributed by atoms with Crippen LogP contribution in [0.15, 0.2) is 90.3 Å². The summed E-state index contributed by atoms with van der Waals surface area (Å²) >= 11 is 0. The van der Waals surface area contributed by atoms with E-state index < -0.39 is 29.6 Å². The number of rotatable bonds is 6. The molecule has 0 fully saturated rings. The Labute approximate surface area is 232 Å². The van der Waals surface area contributed by atoms with E-state index >= 15 is 0 Å². The number of pyridine rings is 1. The van der Waals surface area contributed by atoms with E-state index in [1.54, 1.807) is 61.2 Å². The largest absolute Gasteiger partial charge is 0.490 e. The van der Waals surface area contributed by atoms with Gasteiger partial charge in [-0.2, -0.15) is 13.2 Å². The summed E-state index contributed by atoms with van der Waals surface area (Å²) in [6, 6.07) is 13.0. The van der Waals surface area contributed by atoms with Crippen molar-refractivity contribution in [1.29, 1.82) is 0 Å². The smallest absolute Gasteiger partial charge is 0.475 e. The Morgan fingerprint density at radius 2 is 1.54 bits per heavy atom. The lowest BCUT2D eigenvalue weighted by molar-refractivity contribution is -0.192. The van der Waals surface area contributed by atoms with E-state index in [0.717, 1.165) is 11.1 Å². The number of carboxylic acid groups (broad SMARTS) is 1. The molecule has 0 spiro atoms. The van der Waals surface area contributed by atoms with E-state index in [4.69, 9.17) is 14.3 Å². The Morgan fingerprint density at radius 1 is 0.902 bits per heavy atom. The SMILES string of the molecule is CC(C)(C)NC(=O)C(c1cccnc1)N(C(=O)c1ccco1)c1ccc(-c2cncnc2)cc1.O=C(O)C(F)(F)F. The van der Waals surface area contributed by atoms with Gasteiger partial charge in [0.2, 0.25) is 5.91 Å². The van der Waals surface area contributed by atoms with Crippen LogP contribution >= 0.6 is 0 Å². The number of carbonyl (C=O) groups excluding carboxylic acids is 2. The van der Waals surface area contributed by atoms with Crippen LogP contribution in [0.5, 0.6) is 0 Å². The summed E-state index contributed by atoms with van der Waals surface area (Å²) in [7, 11) is 0. The average Bonchev–Trinajstić information content (AvgIpc) is 3.46. The van der Waals surface area contributed by atoms with Crippen LogP contribution in [0.4, 0.5) is 18.9 Å². The zero-order valence-electron chi connectivity index (χ0n) is 22.2. The molecule has 0 aliphatic carbocycles. The molecule has 10 nitrogen and oxygen atoms in total. The predicted molar refractivity (Wildman–Crippen MR) is 142 cm³/mol. The van der Waals surface area contributed by atoms with Gasteiger partial charge < -0.3 is 14.8 Å². The summed E-state index contributed by atoms with van der Waals surface area (Å²) in [6.07, 6.45) is 4.45. The first-order valence-corrected chi connectivity index (χ1v) is 12.0. The molecule has 4 aromatic rings. The van der Waals surface area contributed by atoms with Crippen molar-refractivity contribution < 1.29 is 37.1 Å². The van der Waals surface area contributed by atoms with Crippen molar-refractivity contribution in [1.82, 2.24) is 20.3 Å². The number of halogens is 3. The third kappa shape index (κ3) is 8.46. The number of carboxylic acids is 1. The monoisotopic (exact) mass is 569 g/mol. The van der Waals surface area contributed by atoms with E-state index in [9.17, 15) is 22.8 Å². The Morgan fingerprint density at radius 3 is 2.02 bits per heavy atom. The minimum absolute atomic E-state index is 0.123. The Bertz CT molecular complexity index is 1440. The topological polar surface area (TPSA) is 139 Å². The van der Waals surface area contributed by atoms with Gasteiger partial charge in [-0.3, -0.25) is 19.5 Å². The third-order valence-corrected chi connectivity index (χ3v) is 5.24. The molecule has 214 valence electrons. The lowest BCUT2D eigenvalue weighted by Gasteiger charge is -2.33. The molecule has 4 rings (SSSR count). The molecule has 0 saturated carbocycles. The molecule has 2 N–H and O–H groups in total. The fraction of sp³-hybridized carbons (Fsp3) is 0.214. The molecule has 13 heteroatoms. The molecular formula is C28H26F3N5O5. The quantitative estimate of drug-likeness (QED) is 0.328. The lowest BCUT2D eigenvalue weighted by atomic mass is 10.0. The van der Waals surface area contributed by atoms with Gasteiger partial charge in [0, 0.05) is 47.1 Å². The molecule has 0 aliphatic rings. The molecule has 0 bridgehead atoms. The van der Waals surface area contributed by atoms with Gasteiger partial charge in [0.25, 0.3) is 5.91 Å². The molecule has 0 aliphatic heterocycles. The fourth-order valence-corrected chi connectivity index (χ4v) is 3.56. The predicted octanol–water partition coefficient (Wildman–Crippen LogP) is 5.07. The van der Waals surface area contributed by atoms with Gasteiger partial charge in [-0.05, 0) is 56.7 Å². The van der Waals surface area contributed by atoms with E-state index in [1.807, 2.05) is 32.9 Å². The summed E-state index contributed by atoms with van der Waals surface area (Å²) in [6.45, 7) is 5.67. The second-order valence-corrected chi connectivity index (χ2v) is 9.56. The summed E-state index contributed by atoms with van der Waals surface area (Å²) in [5, 5.41) is 10.1. The van der Waals surface area contributed by atoms with Crippen LogP contribution in [-0.4, -0.2) is 49.6 Å². The second kappa shape index (κ2) is 12.9. The normalized spacial score (nSPS) is 12.0. The molecule has 3 heterocycles. The number of benzene rings is 1. The number of nitrogens with zero attached hydrogens (tertiary/aromatic N) is 4. The van der Waals surface area contributed by atoms with Gasteiger partial charge in [0.05, 0.1) is 6.26 Å². The molecule has 41 heavy (non-hydrogen) atoms. The molecule has 1 unspecified atom stereocenters. The number of aliphatic carboxylic acids is 1. The maximum absolute atomic E-state index is 13.7. The van der Waals surface area contributed by atoms with Crippen LogP contribution in [0, 0.1) is 0 Å². The molecule has 0 saturated heterocycles. The number of furan rings is 1. The van der Waals surface area contributed by atoms with E-state index in [0.29, 0.717) is 11.3 Å². The Balaban J connectivity index is 0.000000587. The first-order valence-electron chi connectivity index (χ1n) is 12.0. The molecule has 0 radical (unpaired) electrons. The van der Waals surface area contributed by atoms with Gasteiger partial charge in [-0.1, -0.05) is 18.2 Å². The highest BCUT2D eigenvalue weighted by molar-refractivity contribution is 6.08. The molecule has 2 amide bonds. The minimum atomic E-state index is -5.08. The number of nitrogens with one attached hydrogen (secondary N) is 1. The van der Waals surface area contributed by atoms with Crippen LogP contribution in [0.25, 0.3) is 11.1 Å². The average molecular weight is 570 g/mol. The van der Waals surface area contributed by atoms with Gasteiger partial charge in [0.1, 0.15) is 12.4 Å². The number of aromatic nitrogens is 3. The van der Waals surface area contributed by atoms with E-state index in [2.05, 4.69) is 20.3 Å². The van der Waals surface area contributed by atoms with Crippen LogP contribution in [-0.2, 0) is 9.59 Å². The zero-order valence-corrected chi connectivity index (χ0v) is 22.2. The number of alkyl halides is 3. The second-order valence-electron chi connectivity index (χ2n) is 9.56. The van der Waals surface area contributed by atoms with E-state index in [-0.39, 0.29) is 11.7 Å². The summed E-state index contributed by atoms with van der Waals surface area (Å²) in [5.41, 5.74) is 2.32. The van der Waals surface area contributed by atoms with Crippen molar-refractivity contribution in [3.63, 3.8) is 0 Å². The Hall–Kier alpha value is -5.07. The molecule has 3 aromatic heterocycles. The number of amides is 2. The van der Waals surface area contributed by atoms with Gasteiger partial charge in [-0.25, -0.2) is 14.8 Å². The maximum Gasteiger partial charge on any atom is 0.490 e. The number of carbonyl (C=O) groups is 3. The summed E-state index contributed by atoms with van der Waals surface area (Å²) < 4.78 is 37.1. The highest BCUT2D eigenvalue weighted by Crippen LogP contribution is 2.32. The third-order valence-electron chi connectivity index (χ3n) is 5.24. The minimum Gasteiger partial charge on any atom is -0.475 e. The van der Waals surface area contributed by atoms with Crippen molar-refractivity contribution in [2.75, 3.05) is 4.90 Å². The maximum atomic E-state index is 13.7. The van der Waals surface area contributed by atoms with Gasteiger partial charge in [0.15, 0.2) is 5.76 Å². The highest BCUT2D eigenvalue weighted by atomic mass is 19.4. The van der Waals surface area contributed by atoms with Crippen molar-refractivity contribution in [3.8, 4) is 11.1 Å². The summed E-state index contributed by atoms with van der Waals surface area (Å²) in [4.78, 5) is 49.8. The number of anilines is 1. The number of hydrogen-bond acceptors (Lipinski definition) is 7. The summed E-state index contributed by atoms with van der Waals surface area (Å²) in [5.74, 6) is -3.41. The first-order chi connectivity index (χ1) is 19.3. The van der Waals surface area contributed by atoms with E-state index in [1.165, 1.54) is 17.5 Å². The standard InChI is InChI=1S/C26H25N5O3.C2HF3O2/c1-26(2,3)30-24(32)23(19-6-4-12-27-14-19)31(25(33)22-7-5-13-34-22)21-10-8-18(9-11-21)20-15-28-17-29-16-20;3-2(4,5)1(6)7/h4-17,23H,1-3H3,(H,30,32);(H,6,7). The molecule has 1 aromatic carbocycles.